The van der Waals surface area contributed by atoms with Crippen molar-refractivity contribution >= 4 is 0 Å². The van der Waals surface area contributed by atoms with Gasteiger partial charge in [0.05, 0.1) is 12.2 Å². The summed E-state index contributed by atoms with van der Waals surface area (Å²) in [6, 6.07) is 1.53. The first-order valence-electron chi connectivity index (χ1n) is 14.3. The monoisotopic (exact) mass is 449 g/mol. The number of hydrogen-bond acceptors (Lipinski definition) is 3. The molecule has 2 aliphatic carbocycles. The fraction of sp³-hybridized carbons (Fsp3) is 1.00. The first kappa shape index (κ1) is 26.5. The predicted octanol–water partition coefficient (Wildman–Crippen LogP) is 7.33. The molecule has 2 saturated carbocycles. The SMILES string of the molecule is CC(C)CCOC1CCC(C2CC(C)N(C)C(C3CCC(OCCC(C)C)CC3)C2)CC1. The normalized spacial score (nSPS) is 37.3. The van der Waals surface area contributed by atoms with E-state index in [-0.39, 0.29) is 0 Å². The van der Waals surface area contributed by atoms with Crippen LogP contribution in [0.25, 0.3) is 0 Å². The zero-order valence-corrected chi connectivity index (χ0v) is 22.4. The summed E-state index contributed by atoms with van der Waals surface area (Å²) in [6.07, 6.45) is 17.0. The van der Waals surface area contributed by atoms with Crippen LogP contribution in [0.15, 0.2) is 0 Å². The number of nitrogens with zero attached hydrogens (tertiary/aromatic N) is 1. The van der Waals surface area contributed by atoms with Crippen molar-refractivity contribution in [3.8, 4) is 0 Å². The molecule has 0 N–H and O–H groups in total. The number of rotatable bonds is 10. The van der Waals surface area contributed by atoms with Gasteiger partial charge in [-0.3, -0.25) is 0 Å². The largest absolute Gasteiger partial charge is 0.378 e. The average Bonchev–Trinajstić information content (AvgIpc) is 2.76. The third-order valence-electron chi connectivity index (χ3n) is 9.15. The van der Waals surface area contributed by atoms with E-state index in [9.17, 15) is 0 Å². The molecule has 0 spiro atoms. The van der Waals surface area contributed by atoms with E-state index in [0.29, 0.717) is 12.2 Å². The molecule has 3 atom stereocenters. The van der Waals surface area contributed by atoms with E-state index < -0.39 is 0 Å². The maximum Gasteiger partial charge on any atom is 0.0575 e. The Morgan fingerprint density at radius 3 is 1.59 bits per heavy atom. The summed E-state index contributed by atoms with van der Waals surface area (Å²) < 4.78 is 12.4. The summed E-state index contributed by atoms with van der Waals surface area (Å²) in [6.45, 7) is 13.6. The van der Waals surface area contributed by atoms with Crippen LogP contribution in [0.2, 0.25) is 0 Å². The quantitative estimate of drug-likeness (QED) is 0.348. The van der Waals surface area contributed by atoms with Crippen LogP contribution in [-0.4, -0.2) is 49.5 Å². The smallest absolute Gasteiger partial charge is 0.0575 e. The highest BCUT2D eigenvalue weighted by Gasteiger charge is 2.40. The molecule has 1 saturated heterocycles. The van der Waals surface area contributed by atoms with Crippen molar-refractivity contribution in [2.24, 2.45) is 29.6 Å². The highest BCUT2D eigenvalue weighted by molar-refractivity contribution is 4.93. The maximum absolute atomic E-state index is 6.22. The molecule has 3 aliphatic rings. The maximum atomic E-state index is 6.22. The molecule has 0 radical (unpaired) electrons. The van der Waals surface area contributed by atoms with Crippen LogP contribution >= 0.6 is 0 Å². The Labute approximate surface area is 200 Å². The van der Waals surface area contributed by atoms with Gasteiger partial charge in [0.1, 0.15) is 0 Å². The van der Waals surface area contributed by atoms with Crippen LogP contribution in [0.1, 0.15) is 112 Å². The molecular formula is C29H55NO2. The van der Waals surface area contributed by atoms with Gasteiger partial charge in [0.25, 0.3) is 0 Å². The number of hydrogen-bond donors (Lipinski definition) is 0. The molecule has 3 unspecified atom stereocenters. The first-order chi connectivity index (χ1) is 15.3. The van der Waals surface area contributed by atoms with Gasteiger partial charge in [0.2, 0.25) is 0 Å². The zero-order chi connectivity index (χ0) is 23.1. The second kappa shape index (κ2) is 13.1. The van der Waals surface area contributed by atoms with Crippen LogP contribution < -0.4 is 0 Å². The second-order valence-corrected chi connectivity index (χ2v) is 12.5. The van der Waals surface area contributed by atoms with Crippen molar-refractivity contribution in [3.05, 3.63) is 0 Å². The molecule has 3 nitrogen and oxygen atoms in total. The third kappa shape index (κ3) is 7.98. The van der Waals surface area contributed by atoms with Gasteiger partial charge in [-0.05, 0) is 121 Å². The molecule has 3 fully saturated rings. The number of likely N-dealkylation sites (tertiary alicyclic amines) is 1. The lowest BCUT2D eigenvalue weighted by molar-refractivity contribution is -0.0318. The third-order valence-corrected chi connectivity index (χ3v) is 9.15. The van der Waals surface area contributed by atoms with Crippen molar-refractivity contribution in [2.45, 2.75) is 136 Å². The standard InChI is InChI=1S/C29H55NO2/c1-21(2)15-17-31-27-11-7-24(8-12-27)26-19-23(5)30(6)29(20-26)25-9-13-28(14-10-25)32-18-16-22(3)4/h21-29H,7-20H2,1-6H3. The first-order valence-corrected chi connectivity index (χ1v) is 14.3. The Morgan fingerprint density at radius 1 is 0.656 bits per heavy atom. The van der Waals surface area contributed by atoms with E-state index in [1.165, 1.54) is 77.0 Å². The van der Waals surface area contributed by atoms with E-state index in [1.807, 2.05) is 0 Å². The molecule has 188 valence electrons. The highest BCUT2D eigenvalue weighted by Crippen LogP contribution is 2.43. The van der Waals surface area contributed by atoms with E-state index in [1.54, 1.807) is 0 Å². The molecule has 0 aromatic heterocycles. The summed E-state index contributed by atoms with van der Waals surface area (Å²) >= 11 is 0. The van der Waals surface area contributed by atoms with Crippen LogP contribution in [0.5, 0.6) is 0 Å². The van der Waals surface area contributed by atoms with Crippen LogP contribution in [-0.2, 0) is 9.47 Å². The van der Waals surface area contributed by atoms with Gasteiger partial charge in [0.15, 0.2) is 0 Å². The topological polar surface area (TPSA) is 21.7 Å². The Kier molecular flexibility index (Phi) is 10.8. The Hall–Kier alpha value is -0.120. The number of ether oxygens (including phenoxy) is 2. The molecule has 0 aromatic carbocycles. The van der Waals surface area contributed by atoms with E-state index in [0.717, 1.165) is 54.9 Å². The Morgan fingerprint density at radius 2 is 1.12 bits per heavy atom. The minimum absolute atomic E-state index is 0.526. The molecule has 3 heteroatoms. The summed E-state index contributed by atoms with van der Waals surface area (Å²) in [5.74, 6) is 4.26. The Balaban J connectivity index is 1.43. The molecule has 0 amide bonds. The van der Waals surface area contributed by atoms with Crippen LogP contribution in [0.3, 0.4) is 0 Å². The summed E-state index contributed by atoms with van der Waals surface area (Å²) in [7, 11) is 2.41. The molecule has 1 aliphatic heterocycles. The fourth-order valence-corrected chi connectivity index (χ4v) is 6.72. The molecule has 0 aromatic rings. The van der Waals surface area contributed by atoms with E-state index in [2.05, 4.69) is 46.6 Å². The molecule has 0 bridgehead atoms. The minimum atomic E-state index is 0.526. The number of piperidine rings is 1. The lowest BCUT2D eigenvalue weighted by Crippen LogP contribution is -2.51. The van der Waals surface area contributed by atoms with Crippen molar-refractivity contribution in [1.82, 2.24) is 4.90 Å². The lowest BCUT2D eigenvalue weighted by atomic mass is 9.68. The summed E-state index contributed by atoms with van der Waals surface area (Å²) in [4.78, 5) is 2.75. The van der Waals surface area contributed by atoms with E-state index >= 15 is 0 Å². The lowest BCUT2D eigenvalue weighted by Gasteiger charge is -2.49. The van der Waals surface area contributed by atoms with Gasteiger partial charge < -0.3 is 14.4 Å². The Bertz CT molecular complexity index is 505. The van der Waals surface area contributed by atoms with Gasteiger partial charge in [-0.2, -0.15) is 0 Å². The van der Waals surface area contributed by atoms with Gasteiger partial charge >= 0.3 is 0 Å². The van der Waals surface area contributed by atoms with Gasteiger partial charge in [-0.15, -0.1) is 0 Å². The minimum Gasteiger partial charge on any atom is -0.378 e. The molecule has 32 heavy (non-hydrogen) atoms. The van der Waals surface area contributed by atoms with Crippen LogP contribution in [0, 0.1) is 29.6 Å². The van der Waals surface area contributed by atoms with E-state index in [4.69, 9.17) is 9.47 Å². The molecule has 1 heterocycles. The second-order valence-electron chi connectivity index (χ2n) is 12.5. The summed E-state index contributed by atoms with van der Waals surface area (Å²) in [5.41, 5.74) is 0. The van der Waals surface area contributed by atoms with Crippen LogP contribution in [0.4, 0.5) is 0 Å². The average molecular weight is 450 g/mol. The van der Waals surface area contributed by atoms with Gasteiger partial charge in [-0.1, -0.05) is 27.7 Å². The van der Waals surface area contributed by atoms with Crippen molar-refractivity contribution in [3.63, 3.8) is 0 Å². The predicted molar refractivity (Wildman–Crippen MR) is 136 cm³/mol. The van der Waals surface area contributed by atoms with Gasteiger partial charge in [-0.25, -0.2) is 0 Å². The van der Waals surface area contributed by atoms with Crippen molar-refractivity contribution in [2.75, 3.05) is 20.3 Å². The van der Waals surface area contributed by atoms with Crippen molar-refractivity contribution < 1.29 is 9.47 Å². The van der Waals surface area contributed by atoms with Gasteiger partial charge in [0, 0.05) is 25.3 Å². The summed E-state index contributed by atoms with van der Waals surface area (Å²) in [5, 5.41) is 0. The highest BCUT2D eigenvalue weighted by atomic mass is 16.5. The van der Waals surface area contributed by atoms with Crippen molar-refractivity contribution in [1.29, 1.82) is 0 Å². The molecule has 3 rings (SSSR count). The molecular weight excluding hydrogens is 394 g/mol. The fourth-order valence-electron chi connectivity index (χ4n) is 6.72. The zero-order valence-electron chi connectivity index (χ0n) is 22.4.